The minimum absolute atomic E-state index is 0.0630. The number of carbonyl (C=O) groups is 3. The van der Waals surface area contributed by atoms with Gasteiger partial charge in [0.15, 0.2) is 0 Å². The molecular formula is C9H15N3O3. The number of hydrogen-bond donors (Lipinski definition) is 3. The minimum atomic E-state index is -1.11. The summed E-state index contributed by atoms with van der Waals surface area (Å²) in [6.45, 7) is 0. The maximum atomic E-state index is 11.4. The zero-order chi connectivity index (χ0) is 11.3. The average molecular weight is 213 g/mol. The van der Waals surface area contributed by atoms with Gasteiger partial charge in [0.05, 0.1) is 0 Å². The van der Waals surface area contributed by atoms with Gasteiger partial charge in [-0.15, -0.1) is 0 Å². The highest BCUT2D eigenvalue weighted by atomic mass is 16.2. The fraction of sp³-hybridized carbons (Fsp3) is 0.667. The molecule has 0 atom stereocenters. The van der Waals surface area contributed by atoms with Crippen molar-refractivity contribution >= 4 is 17.7 Å². The molecule has 0 heterocycles. The summed E-state index contributed by atoms with van der Waals surface area (Å²) in [5.41, 5.74) is 8.86. The van der Waals surface area contributed by atoms with Crippen molar-refractivity contribution in [1.82, 2.24) is 10.9 Å². The third-order valence-corrected chi connectivity index (χ3v) is 2.50. The molecule has 3 amide bonds. The molecule has 6 nitrogen and oxygen atoms in total. The first-order valence-electron chi connectivity index (χ1n) is 5.01. The highest BCUT2D eigenvalue weighted by Gasteiger charge is 2.21. The third kappa shape index (κ3) is 3.57. The van der Waals surface area contributed by atoms with Gasteiger partial charge in [0, 0.05) is 5.92 Å². The van der Waals surface area contributed by atoms with Gasteiger partial charge in [-0.25, -0.2) is 0 Å². The van der Waals surface area contributed by atoms with Gasteiger partial charge in [-0.1, -0.05) is 19.3 Å². The van der Waals surface area contributed by atoms with E-state index in [2.05, 4.69) is 5.43 Å². The van der Waals surface area contributed by atoms with Gasteiger partial charge in [0.2, 0.25) is 5.91 Å². The van der Waals surface area contributed by atoms with E-state index in [1.807, 2.05) is 5.43 Å². The maximum Gasteiger partial charge on any atom is 0.327 e. The Kier molecular flexibility index (Phi) is 4.08. The summed E-state index contributed by atoms with van der Waals surface area (Å²) in [5.74, 6) is -2.42. The monoisotopic (exact) mass is 213 g/mol. The van der Waals surface area contributed by atoms with Gasteiger partial charge in [0.1, 0.15) is 0 Å². The number of nitrogens with one attached hydrogen (secondary N) is 2. The van der Waals surface area contributed by atoms with E-state index in [9.17, 15) is 14.4 Å². The Morgan fingerprint density at radius 3 is 2.13 bits per heavy atom. The molecule has 0 radical (unpaired) electrons. The van der Waals surface area contributed by atoms with Crippen LogP contribution in [0.2, 0.25) is 0 Å². The standard InChI is InChI=1S/C9H15N3O3/c10-7(13)9(15)12-11-8(14)6-4-2-1-3-5-6/h6H,1-5H2,(H2,10,13)(H,11,14)(H,12,15). The molecule has 0 saturated heterocycles. The molecule has 0 aliphatic heterocycles. The largest absolute Gasteiger partial charge is 0.361 e. The molecule has 0 aromatic heterocycles. The summed E-state index contributed by atoms with van der Waals surface area (Å²) in [5, 5.41) is 0. The second-order valence-corrected chi connectivity index (χ2v) is 3.64. The first-order valence-corrected chi connectivity index (χ1v) is 5.01. The van der Waals surface area contributed by atoms with E-state index in [-0.39, 0.29) is 11.8 Å². The Morgan fingerprint density at radius 2 is 1.60 bits per heavy atom. The molecule has 1 rings (SSSR count). The smallest absolute Gasteiger partial charge is 0.327 e. The van der Waals surface area contributed by atoms with E-state index in [4.69, 9.17) is 5.73 Å². The molecule has 0 aromatic rings. The maximum absolute atomic E-state index is 11.4. The fourth-order valence-electron chi connectivity index (χ4n) is 1.65. The number of primary amides is 1. The van der Waals surface area contributed by atoms with Gasteiger partial charge in [-0.05, 0) is 12.8 Å². The number of hydrogen-bond acceptors (Lipinski definition) is 3. The van der Waals surface area contributed by atoms with Crippen molar-refractivity contribution in [3.05, 3.63) is 0 Å². The quantitative estimate of drug-likeness (QED) is 0.392. The summed E-state index contributed by atoms with van der Waals surface area (Å²) in [6, 6.07) is 0. The number of carbonyl (C=O) groups excluding carboxylic acids is 3. The molecule has 0 aromatic carbocycles. The predicted octanol–water partition coefficient (Wildman–Crippen LogP) is -0.801. The van der Waals surface area contributed by atoms with Crippen LogP contribution in [-0.2, 0) is 14.4 Å². The molecule has 15 heavy (non-hydrogen) atoms. The highest BCUT2D eigenvalue weighted by Crippen LogP contribution is 2.23. The van der Waals surface area contributed by atoms with Crippen LogP contribution in [0.1, 0.15) is 32.1 Å². The molecule has 1 aliphatic rings. The number of hydrazine groups is 1. The van der Waals surface area contributed by atoms with E-state index < -0.39 is 11.8 Å². The van der Waals surface area contributed by atoms with E-state index >= 15 is 0 Å². The van der Waals surface area contributed by atoms with Crippen LogP contribution in [0.5, 0.6) is 0 Å². The Labute approximate surface area is 87.5 Å². The van der Waals surface area contributed by atoms with Crippen LogP contribution in [0.25, 0.3) is 0 Å². The van der Waals surface area contributed by atoms with Gasteiger partial charge in [0.25, 0.3) is 0 Å². The lowest BCUT2D eigenvalue weighted by Gasteiger charge is -2.20. The van der Waals surface area contributed by atoms with Crippen molar-refractivity contribution < 1.29 is 14.4 Å². The first-order chi connectivity index (χ1) is 7.11. The van der Waals surface area contributed by atoms with Crippen molar-refractivity contribution in [2.45, 2.75) is 32.1 Å². The number of nitrogens with two attached hydrogens (primary N) is 1. The topological polar surface area (TPSA) is 101 Å². The summed E-state index contributed by atoms with van der Waals surface area (Å²) in [4.78, 5) is 32.5. The molecule has 1 saturated carbocycles. The van der Waals surface area contributed by atoms with E-state index in [0.29, 0.717) is 0 Å². The normalized spacial score (nSPS) is 16.8. The van der Waals surface area contributed by atoms with E-state index in [1.165, 1.54) is 0 Å². The second kappa shape index (κ2) is 5.33. The number of rotatable bonds is 1. The average Bonchev–Trinajstić information content (AvgIpc) is 2.26. The molecule has 0 unspecified atom stereocenters. The Bertz CT molecular complexity index is 272. The second-order valence-electron chi connectivity index (χ2n) is 3.64. The lowest BCUT2D eigenvalue weighted by atomic mass is 9.89. The van der Waals surface area contributed by atoms with Gasteiger partial charge in [-0.2, -0.15) is 0 Å². The van der Waals surface area contributed by atoms with Gasteiger partial charge >= 0.3 is 11.8 Å². The number of amides is 3. The van der Waals surface area contributed by atoms with Crippen LogP contribution in [0.15, 0.2) is 0 Å². The lowest BCUT2D eigenvalue weighted by molar-refractivity contribution is -0.139. The summed E-state index contributed by atoms with van der Waals surface area (Å²) in [6.07, 6.45) is 4.87. The van der Waals surface area contributed by atoms with Crippen molar-refractivity contribution in [2.75, 3.05) is 0 Å². The molecule has 0 bridgehead atoms. The molecule has 1 aliphatic carbocycles. The Hall–Kier alpha value is -1.59. The molecule has 84 valence electrons. The molecule has 1 fully saturated rings. The first kappa shape index (κ1) is 11.5. The molecule has 0 spiro atoms. The fourth-order valence-corrected chi connectivity index (χ4v) is 1.65. The zero-order valence-electron chi connectivity index (χ0n) is 8.41. The van der Waals surface area contributed by atoms with Crippen LogP contribution in [0.4, 0.5) is 0 Å². The van der Waals surface area contributed by atoms with Crippen LogP contribution >= 0.6 is 0 Å². The summed E-state index contributed by atoms with van der Waals surface area (Å²) in [7, 11) is 0. The van der Waals surface area contributed by atoms with Crippen molar-refractivity contribution in [1.29, 1.82) is 0 Å². The van der Waals surface area contributed by atoms with Crippen molar-refractivity contribution in [3.63, 3.8) is 0 Å². The van der Waals surface area contributed by atoms with Crippen LogP contribution in [-0.4, -0.2) is 17.7 Å². The third-order valence-electron chi connectivity index (χ3n) is 2.50. The lowest BCUT2D eigenvalue weighted by Crippen LogP contribution is -2.49. The van der Waals surface area contributed by atoms with Crippen LogP contribution in [0.3, 0.4) is 0 Å². The molecule has 6 heteroatoms. The van der Waals surface area contributed by atoms with Gasteiger partial charge < -0.3 is 5.73 Å². The van der Waals surface area contributed by atoms with E-state index in [0.717, 1.165) is 32.1 Å². The minimum Gasteiger partial charge on any atom is -0.361 e. The SMILES string of the molecule is NC(=O)C(=O)NNC(=O)C1CCCCC1. The summed E-state index contributed by atoms with van der Waals surface area (Å²) < 4.78 is 0. The van der Waals surface area contributed by atoms with E-state index in [1.54, 1.807) is 0 Å². The predicted molar refractivity (Wildman–Crippen MR) is 52.1 cm³/mol. The zero-order valence-corrected chi connectivity index (χ0v) is 8.41. The highest BCUT2D eigenvalue weighted by molar-refractivity contribution is 6.34. The van der Waals surface area contributed by atoms with Crippen LogP contribution in [0, 0.1) is 5.92 Å². The van der Waals surface area contributed by atoms with Gasteiger partial charge in [-0.3, -0.25) is 25.2 Å². The Balaban J connectivity index is 2.28. The molecule has 4 N–H and O–H groups in total. The Morgan fingerprint density at radius 1 is 1.00 bits per heavy atom. The van der Waals surface area contributed by atoms with Crippen LogP contribution < -0.4 is 16.6 Å². The van der Waals surface area contributed by atoms with Crippen molar-refractivity contribution in [3.8, 4) is 0 Å². The molecular weight excluding hydrogens is 198 g/mol. The summed E-state index contributed by atoms with van der Waals surface area (Å²) >= 11 is 0. The van der Waals surface area contributed by atoms with Crippen molar-refractivity contribution in [2.24, 2.45) is 11.7 Å².